The van der Waals surface area contributed by atoms with Crippen molar-refractivity contribution in [2.24, 2.45) is 0 Å². The van der Waals surface area contributed by atoms with E-state index < -0.39 is 0 Å². The Balaban J connectivity index is 1.62. The highest BCUT2D eigenvalue weighted by Crippen LogP contribution is 2.33. The van der Waals surface area contributed by atoms with E-state index in [-0.39, 0.29) is 5.56 Å². The molecule has 0 saturated carbocycles. The number of hydrogen-bond acceptors (Lipinski definition) is 4. The van der Waals surface area contributed by atoms with Crippen molar-refractivity contribution in [1.82, 2.24) is 14.5 Å². The van der Waals surface area contributed by atoms with Crippen LogP contribution in [0.1, 0.15) is 11.3 Å². The highest BCUT2D eigenvalue weighted by atomic mass is 32.2. The second-order valence-electron chi connectivity index (χ2n) is 7.36. The molecule has 158 valence electrons. The number of H-pyrrole nitrogens is 1. The summed E-state index contributed by atoms with van der Waals surface area (Å²) in [6, 6.07) is 27.8. The van der Waals surface area contributed by atoms with Crippen LogP contribution >= 0.6 is 11.8 Å². The van der Waals surface area contributed by atoms with Crippen molar-refractivity contribution in [1.29, 1.82) is 0 Å². The number of ether oxygens (including phenoxy) is 1. The SMILES string of the molecule is COc1ccc(Sc2[nH]c(-c3ccccc3)cn3c(=O)c(Cc4ccccc4)nc2-3)cc1. The Morgan fingerprint density at radius 2 is 1.62 bits per heavy atom. The average Bonchev–Trinajstić information content (AvgIpc) is 3.16. The third-order valence-electron chi connectivity index (χ3n) is 5.22. The highest BCUT2D eigenvalue weighted by molar-refractivity contribution is 7.99. The first kappa shape index (κ1) is 20.2. The van der Waals surface area contributed by atoms with Gasteiger partial charge in [-0.05, 0) is 35.4 Å². The fraction of sp³-hybridized carbons (Fsp3) is 0.0769. The molecule has 0 aromatic heterocycles. The number of nitrogens with zero attached hydrogens (tertiary/aromatic N) is 2. The quantitative estimate of drug-likeness (QED) is 0.384. The van der Waals surface area contributed by atoms with Crippen LogP contribution in [0, 0.1) is 0 Å². The molecule has 32 heavy (non-hydrogen) atoms. The minimum Gasteiger partial charge on any atom is -0.497 e. The molecule has 0 amide bonds. The number of benzene rings is 3. The van der Waals surface area contributed by atoms with E-state index in [1.807, 2.05) is 91.1 Å². The molecule has 5 rings (SSSR count). The zero-order chi connectivity index (χ0) is 21.9. The Bertz CT molecular complexity index is 1360. The molecule has 0 bridgehead atoms. The van der Waals surface area contributed by atoms with E-state index in [0.29, 0.717) is 17.9 Å². The fourth-order valence-corrected chi connectivity index (χ4v) is 4.49. The van der Waals surface area contributed by atoms with E-state index in [2.05, 4.69) is 4.98 Å². The maximum atomic E-state index is 13.3. The van der Waals surface area contributed by atoms with E-state index in [1.165, 1.54) is 0 Å². The molecule has 5 nitrogen and oxygen atoms in total. The summed E-state index contributed by atoms with van der Waals surface area (Å²) < 4.78 is 6.92. The smallest absolute Gasteiger partial charge is 0.278 e. The molecule has 3 aromatic carbocycles. The molecule has 0 atom stereocenters. The molecular formula is C26H21N3O2S. The summed E-state index contributed by atoms with van der Waals surface area (Å²) in [5.41, 5.74) is 3.36. The first-order valence-corrected chi connectivity index (χ1v) is 11.1. The van der Waals surface area contributed by atoms with Crippen LogP contribution in [-0.4, -0.2) is 21.6 Å². The molecule has 0 spiro atoms. The van der Waals surface area contributed by atoms with Crippen LogP contribution in [-0.2, 0) is 6.42 Å². The first-order valence-electron chi connectivity index (χ1n) is 10.3. The summed E-state index contributed by atoms with van der Waals surface area (Å²) in [4.78, 5) is 22.5. The predicted molar refractivity (Wildman–Crippen MR) is 127 cm³/mol. The Hall–Kier alpha value is -3.77. The molecule has 0 fully saturated rings. The average molecular weight is 440 g/mol. The van der Waals surface area contributed by atoms with E-state index in [0.717, 1.165) is 32.5 Å². The minimum absolute atomic E-state index is 0.0911. The van der Waals surface area contributed by atoms with Gasteiger partial charge in [-0.25, -0.2) is 4.98 Å². The second kappa shape index (κ2) is 8.77. The monoisotopic (exact) mass is 439 g/mol. The van der Waals surface area contributed by atoms with Crippen molar-refractivity contribution in [2.75, 3.05) is 7.11 Å². The van der Waals surface area contributed by atoms with E-state index in [1.54, 1.807) is 23.4 Å². The molecule has 1 N–H and O–H groups in total. The van der Waals surface area contributed by atoms with Gasteiger partial charge in [0.05, 0.1) is 12.8 Å². The Morgan fingerprint density at radius 3 is 2.31 bits per heavy atom. The lowest BCUT2D eigenvalue weighted by Crippen LogP contribution is -2.16. The topological polar surface area (TPSA) is 59.9 Å². The van der Waals surface area contributed by atoms with Gasteiger partial charge in [-0.15, -0.1) is 0 Å². The van der Waals surface area contributed by atoms with Gasteiger partial charge < -0.3 is 9.72 Å². The summed E-state index contributed by atoms with van der Waals surface area (Å²) in [6.07, 6.45) is 2.33. The number of aromatic amines is 1. The van der Waals surface area contributed by atoms with Gasteiger partial charge in [0.1, 0.15) is 16.5 Å². The lowest BCUT2D eigenvalue weighted by atomic mass is 10.1. The van der Waals surface area contributed by atoms with Gasteiger partial charge in [-0.2, -0.15) is 0 Å². The van der Waals surface area contributed by atoms with Gasteiger partial charge in [0.25, 0.3) is 5.56 Å². The Labute approximate surface area is 190 Å². The minimum atomic E-state index is -0.0911. The molecule has 2 heterocycles. The Kier molecular flexibility index (Phi) is 5.52. The number of imidazole rings is 1. The van der Waals surface area contributed by atoms with Crippen LogP contribution in [0.2, 0.25) is 0 Å². The number of aromatic nitrogens is 3. The summed E-state index contributed by atoms with van der Waals surface area (Å²) in [6.45, 7) is 0. The summed E-state index contributed by atoms with van der Waals surface area (Å²) in [5, 5.41) is 0.813. The molecule has 2 aliphatic heterocycles. The summed E-state index contributed by atoms with van der Waals surface area (Å²) >= 11 is 1.54. The standard InChI is InChI=1S/C26H21N3O2S/c1-31-20-12-14-21(15-13-20)32-25-24-27-22(16-18-8-4-2-5-9-18)26(30)29(24)17-23(28-25)19-10-6-3-7-11-19/h2-15,17,28H,16H2,1H3. The molecule has 3 aromatic rings. The van der Waals surface area contributed by atoms with Gasteiger partial charge in [0, 0.05) is 17.5 Å². The van der Waals surface area contributed by atoms with E-state index in [9.17, 15) is 4.79 Å². The third kappa shape index (κ3) is 4.05. The Morgan fingerprint density at radius 1 is 0.938 bits per heavy atom. The summed E-state index contributed by atoms with van der Waals surface area (Å²) in [5.74, 6) is 1.43. The third-order valence-corrected chi connectivity index (χ3v) is 6.22. The van der Waals surface area contributed by atoms with E-state index in [4.69, 9.17) is 9.72 Å². The number of nitrogens with one attached hydrogen (secondary N) is 1. The highest BCUT2D eigenvalue weighted by Gasteiger charge is 2.21. The molecule has 6 heteroatoms. The van der Waals surface area contributed by atoms with Crippen molar-refractivity contribution in [3.05, 3.63) is 113 Å². The number of rotatable bonds is 6. The van der Waals surface area contributed by atoms with Crippen molar-refractivity contribution in [3.63, 3.8) is 0 Å². The van der Waals surface area contributed by atoms with Crippen molar-refractivity contribution >= 4 is 11.8 Å². The zero-order valence-electron chi connectivity index (χ0n) is 17.5. The van der Waals surface area contributed by atoms with E-state index >= 15 is 0 Å². The number of hydrogen-bond donors (Lipinski definition) is 1. The van der Waals surface area contributed by atoms with Crippen LogP contribution in [0.15, 0.2) is 106 Å². The number of methoxy groups -OCH3 is 1. The van der Waals surface area contributed by atoms with Crippen LogP contribution in [0.4, 0.5) is 0 Å². The molecule has 0 aliphatic carbocycles. The molecule has 0 radical (unpaired) electrons. The van der Waals surface area contributed by atoms with Gasteiger partial charge in [-0.3, -0.25) is 9.36 Å². The van der Waals surface area contributed by atoms with Gasteiger partial charge in [0.2, 0.25) is 0 Å². The lowest BCUT2D eigenvalue weighted by molar-refractivity contribution is 0.414. The fourth-order valence-electron chi connectivity index (χ4n) is 3.59. The van der Waals surface area contributed by atoms with Gasteiger partial charge in [0.15, 0.2) is 5.82 Å². The summed E-state index contributed by atoms with van der Waals surface area (Å²) in [7, 11) is 1.65. The van der Waals surface area contributed by atoms with Crippen LogP contribution in [0.3, 0.4) is 0 Å². The van der Waals surface area contributed by atoms with Crippen LogP contribution < -0.4 is 10.3 Å². The maximum Gasteiger partial charge on any atom is 0.278 e. The normalized spacial score (nSPS) is 11.0. The first-order chi connectivity index (χ1) is 15.7. The predicted octanol–water partition coefficient (Wildman–Crippen LogP) is 5.42. The van der Waals surface area contributed by atoms with Crippen LogP contribution in [0.25, 0.3) is 17.1 Å². The van der Waals surface area contributed by atoms with Crippen molar-refractivity contribution in [2.45, 2.75) is 16.3 Å². The maximum absolute atomic E-state index is 13.3. The van der Waals surface area contributed by atoms with Crippen molar-refractivity contribution < 1.29 is 4.74 Å². The second-order valence-corrected chi connectivity index (χ2v) is 8.44. The molecular weight excluding hydrogens is 418 g/mol. The van der Waals surface area contributed by atoms with Crippen molar-refractivity contribution in [3.8, 4) is 22.8 Å². The molecule has 0 saturated heterocycles. The lowest BCUT2D eigenvalue weighted by Gasteiger charge is -2.13. The zero-order valence-corrected chi connectivity index (χ0v) is 18.3. The molecule has 0 unspecified atom stereocenters. The molecule has 2 aliphatic rings. The number of fused-ring (bicyclic) bond motifs is 1. The van der Waals surface area contributed by atoms with Gasteiger partial charge in [-0.1, -0.05) is 72.4 Å². The largest absolute Gasteiger partial charge is 0.497 e. The van der Waals surface area contributed by atoms with Crippen LogP contribution in [0.5, 0.6) is 5.75 Å². The van der Waals surface area contributed by atoms with Gasteiger partial charge >= 0.3 is 0 Å².